The maximum Gasteiger partial charge on any atom is 0.223 e. The number of ether oxygens (including phenoxy) is 1. The highest BCUT2D eigenvalue weighted by atomic mass is 16.5. The van der Waals surface area contributed by atoms with Crippen LogP contribution in [-0.2, 0) is 4.79 Å². The van der Waals surface area contributed by atoms with Crippen LogP contribution in [0.5, 0.6) is 5.75 Å². The second kappa shape index (κ2) is 7.04. The van der Waals surface area contributed by atoms with Gasteiger partial charge < -0.3 is 10.1 Å². The molecule has 0 heterocycles. The largest absolute Gasteiger partial charge is 0.494 e. The van der Waals surface area contributed by atoms with Crippen molar-refractivity contribution in [3.05, 3.63) is 29.8 Å². The first-order valence-corrected chi connectivity index (χ1v) is 6.61. The molecule has 0 spiro atoms. The Morgan fingerprint density at radius 1 is 1.22 bits per heavy atom. The molecule has 0 aliphatic rings. The van der Waals surface area contributed by atoms with Crippen molar-refractivity contribution >= 4 is 5.91 Å². The van der Waals surface area contributed by atoms with Gasteiger partial charge >= 0.3 is 0 Å². The highest BCUT2D eigenvalue weighted by molar-refractivity contribution is 5.78. The van der Waals surface area contributed by atoms with E-state index in [1.165, 1.54) is 0 Å². The van der Waals surface area contributed by atoms with Crippen molar-refractivity contribution in [2.45, 2.75) is 40.2 Å². The van der Waals surface area contributed by atoms with Crippen LogP contribution < -0.4 is 10.1 Å². The maximum atomic E-state index is 11.8. The van der Waals surface area contributed by atoms with Crippen LogP contribution >= 0.6 is 0 Å². The number of hydrogen-bond acceptors (Lipinski definition) is 2. The lowest BCUT2D eigenvalue weighted by atomic mass is 10.1. The Kier molecular flexibility index (Phi) is 5.69. The standard InChI is InChI=1S/C15H23NO2/c1-5-11(3)15(17)16-12(4)13-7-9-14(10-8-13)18-6-2/h7-12H,5-6H2,1-4H3,(H,16,17). The summed E-state index contributed by atoms with van der Waals surface area (Å²) in [7, 11) is 0. The van der Waals surface area contributed by atoms with E-state index < -0.39 is 0 Å². The molecule has 1 aromatic carbocycles. The van der Waals surface area contributed by atoms with Crippen molar-refractivity contribution in [1.29, 1.82) is 0 Å². The topological polar surface area (TPSA) is 38.3 Å². The van der Waals surface area contributed by atoms with Crippen LogP contribution in [0.4, 0.5) is 0 Å². The van der Waals surface area contributed by atoms with E-state index in [1.807, 2.05) is 52.0 Å². The van der Waals surface area contributed by atoms with Gasteiger partial charge in [0.2, 0.25) is 5.91 Å². The monoisotopic (exact) mass is 249 g/mol. The zero-order valence-electron chi connectivity index (χ0n) is 11.7. The second-order valence-electron chi connectivity index (χ2n) is 4.54. The van der Waals surface area contributed by atoms with Crippen molar-refractivity contribution < 1.29 is 9.53 Å². The second-order valence-corrected chi connectivity index (χ2v) is 4.54. The van der Waals surface area contributed by atoms with Crippen molar-refractivity contribution in [2.24, 2.45) is 5.92 Å². The fraction of sp³-hybridized carbons (Fsp3) is 0.533. The predicted octanol–water partition coefficient (Wildman–Crippen LogP) is 3.31. The molecule has 18 heavy (non-hydrogen) atoms. The van der Waals surface area contributed by atoms with Gasteiger partial charge in [-0.1, -0.05) is 26.0 Å². The summed E-state index contributed by atoms with van der Waals surface area (Å²) < 4.78 is 5.39. The van der Waals surface area contributed by atoms with Gasteiger partial charge in [0, 0.05) is 5.92 Å². The molecular weight excluding hydrogens is 226 g/mol. The van der Waals surface area contributed by atoms with Crippen LogP contribution in [0.2, 0.25) is 0 Å². The van der Waals surface area contributed by atoms with Gasteiger partial charge in [-0.05, 0) is 38.0 Å². The molecule has 2 unspecified atom stereocenters. The highest BCUT2D eigenvalue weighted by Gasteiger charge is 2.14. The molecule has 0 aliphatic carbocycles. The minimum Gasteiger partial charge on any atom is -0.494 e. The van der Waals surface area contributed by atoms with Crippen LogP contribution in [0.15, 0.2) is 24.3 Å². The molecule has 1 amide bonds. The molecule has 0 saturated carbocycles. The van der Waals surface area contributed by atoms with E-state index in [9.17, 15) is 4.79 Å². The minimum atomic E-state index is 0.0298. The fourth-order valence-electron chi connectivity index (χ4n) is 1.64. The zero-order chi connectivity index (χ0) is 13.5. The van der Waals surface area contributed by atoms with Crippen LogP contribution in [-0.4, -0.2) is 12.5 Å². The Bertz CT molecular complexity index is 373. The van der Waals surface area contributed by atoms with Gasteiger partial charge in [-0.15, -0.1) is 0 Å². The first-order valence-electron chi connectivity index (χ1n) is 6.61. The number of carbonyl (C=O) groups is 1. The van der Waals surface area contributed by atoms with Gasteiger partial charge in [-0.25, -0.2) is 0 Å². The van der Waals surface area contributed by atoms with Crippen molar-refractivity contribution in [3.63, 3.8) is 0 Å². The lowest BCUT2D eigenvalue weighted by Crippen LogP contribution is -2.31. The van der Waals surface area contributed by atoms with E-state index in [0.29, 0.717) is 6.61 Å². The molecular formula is C15H23NO2. The summed E-state index contributed by atoms with van der Waals surface area (Å²) in [6.07, 6.45) is 0.863. The Balaban J connectivity index is 2.61. The van der Waals surface area contributed by atoms with E-state index in [4.69, 9.17) is 4.74 Å². The maximum absolute atomic E-state index is 11.8. The van der Waals surface area contributed by atoms with E-state index >= 15 is 0 Å². The third-order valence-electron chi connectivity index (χ3n) is 3.11. The van der Waals surface area contributed by atoms with E-state index in [-0.39, 0.29) is 17.9 Å². The predicted molar refractivity (Wildman–Crippen MR) is 73.6 cm³/mol. The third kappa shape index (κ3) is 4.06. The molecule has 1 N–H and O–H groups in total. The SMILES string of the molecule is CCOc1ccc(C(C)NC(=O)C(C)CC)cc1. The summed E-state index contributed by atoms with van der Waals surface area (Å²) in [5, 5.41) is 3.02. The van der Waals surface area contributed by atoms with Crippen LogP contribution in [0, 0.1) is 5.92 Å². The summed E-state index contributed by atoms with van der Waals surface area (Å²) in [5.41, 5.74) is 1.09. The number of hydrogen-bond donors (Lipinski definition) is 1. The Morgan fingerprint density at radius 3 is 2.33 bits per heavy atom. The fourth-order valence-corrected chi connectivity index (χ4v) is 1.64. The molecule has 1 rings (SSSR count). The van der Waals surface area contributed by atoms with Crippen LogP contribution in [0.25, 0.3) is 0 Å². The Hall–Kier alpha value is -1.51. The molecule has 100 valence electrons. The highest BCUT2D eigenvalue weighted by Crippen LogP contribution is 2.18. The van der Waals surface area contributed by atoms with Gasteiger partial charge in [-0.2, -0.15) is 0 Å². The number of rotatable bonds is 6. The Morgan fingerprint density at radius 2 is 1.83 bits per heavy atom. The Labute approximate surface area is 110 Å². The van der Waals surface area contributed by atoms with Crippen molar-refractivity contribution in [3.8, 4) is 5.75 Å². The molecule has 0 radical (unpaired) electrons. The van der Waals surface area contributed by atoms with Gasteiger partial charge in [-0.3, -0.25) is 4.79 Å². The summed E-state index contributed by atoms with van der Waals surface area (Å²) in [5.74, 6) is 1.04. The first-order chi connectivity index (χ1) is 8.58. The number of benzene rings is 1. The average molecular weight is 249 g/mol. The summed E-state index contributed by atoms with van der Waals surface area (Å²) >= 11 is 0. The van der Waals surface area contributed by atoms with Crippen LogP contribution in [0.3, 0.4) is 0 Å². The van der Waals surface area contributed by atoms with Gasteiger partial charge in [0.25, 0.3) is 0 Å². The summed E-state index contributed by atoms with van der Waals surface area (Å²) in [4.78, 5) is 11.8. The van der Waals surface area contributed by atoms with Crippen LogP contribution in [0.1, 0.15) is 45.7 Å². The molecule has 0 bridgehead atoms. The van der Waals surface area contributed by atoms with Gasteiger partial charge in [0.15, 0.2) is 0 Å². The van der Waals surface area contributed by atoms with Gasteiger partial charge in [0.1, 0.15) is 5.75 Å². The lowest BCUT2D eigenvalue weighted by molar-refractivity contribution is -0.125. The zero-order valence-corrected chi connectivity index (χ0v) is 11.7. The van der Waals surface area contributed by atoms with Crippen molar-refractivity contribution in [1.82, 2.24) is 5.32 Å². The third-order valence-corrected chi connectivity index (χ3v) is 3.11. The summed E-state index contributed by atoms with van der Waals surface area (Å²) in [6.45, 7) is 8.59. The average Bonchev–Trinajstić information content (AvgIpc) is 2.38. The van der Waals surface area contributed by atoms with Gasteiger partial charge in [0.05, 0.1) is 12.6 Å². The molecule has 0 aromatic heterocycles. The van der Waals surface area contributed by atoms with Crippen molar-refractivity contribution in [2.75, 3.05) is 6.61 Å². The quantitative estimate of drug-likeness (QED) is 0.840. The molecule has 0 aliphatic heterocycles. The molecule has 3 nitrogen and oxygen atoms in total. The normalized spacial score (nSPS) is 13.8. The summed E-state index contributed by atoms with van der Waals surface area (Å²) in [6, 6.07) is 7.89. The van der Waals surface area contributed by atoms with E-state index in [1.54, 1.807) is 0 Å². The molecule has 0 fully saturated rings. The lowest BCUT2D eigenvalue weighted by Gasteiger charge is -2.17. The molecule has 2 atom stereocenters. The molecule has 3 heteroatoms. The number of amides is 1. The number of carbonyl (C=O) groups excluding carboxylic acids is 1. The number of nitrogens with one attached hydrogen (secondary N) is 1. The van der Waals surface area contributed by atoms with E-state index in [2.05, 4.69) is 5.32 Å². The van der Waals surface area contributed by atoms with E-state index in [0.717, 1.165) is 17.7 Å². The smallest absolute Gasteiger partial charge is 0.223 e. The minimum absolute atomic E-state index is 0.0298. The molecule has 0 saturated heterocycles. The molecule has 1 aromatic rings. The first kappa shape index (κ1) is 14.6.